The fraction of sp³-hybridized carbons (Fsp3) is 0. The number of anilines is 3. The number of para-hydroxylation sites is 1. The minimum atomic E-state index is 0.896. The first-order chi connectivity index (χ1) is 25.8. The maximum atomic E-state index is 6.57. The van der Waals surface area contributed by atoms with Crippen LogP contribution >= 0.6 is 0 Å². The lowest BCUT2D eigenvalue weighted by Crippen LogP contribution is -2.09. The summed E-state index contributed by atoms with van der Waals surface area (Å²) in [5, 5.41) is 7.25. The average Bonchev–Trinajstić information content (AvgIpc) is 3.62. The molecule has 0 spiro atoms. The Morgan fingerprint density at radius 1 is 0.327 bits per heavy atom. The molecule has 0 saturated heterocycles. The molecule has 52 heavy (non-hydrogen) atoms. The van der Waals surface area contributed by atoms with Crippen molar-refractivity contribution < 1.29 is 4.42 Å². The molecule has 0 fully saturated rings. The molecule has 244 valence electrons. The molecule has 9 aromatic carbocycles. The molecule has 0 aliphatic carbocycles. The minimum Gasteiger partial charge on any atom is -0.455 e. The maximum Gasteiger partial charge on any atom is 0.143 e. The largest absolute Gasteiger partial charge is 0.455 e. The van der Waals surface area contributed by atoms with E-state index in [0.29, 0.717) is 0 Å². The van der Waals surface area contributed by atoms with Gasteiger partial charge < -0.3 is 9.32 Å². The van der Waals surface area contributed by atoms with Gasteiger partial charge in [-0.05, 0) is 97.9 Å². The smallest absolute Gasteiger partial charge is 0.143 e. The Morgan fingerprint density at radius 2 is 0.846 bits per heavy atom. The van der Waals surface area contributed by atoms with Crippen LogP contribution in [0, 0.1) is 0 Å². The molecule has 0 atom stereocenters. The predicted molar refractivity (Wildman–Crippen MR) is 220 cm³/mol. The van der Waals surface area contributed by atoms with Crippen molar-refractivity contribution in [3.05, 3.63) is 200 Å². The average molecular weight is 664 g/mol. The summed E-state index contributed by atoms with van der Waals surface area (Å²) in [5.41, 5.74) is 12.1. The minimum absolute atomic E-state index is 0.896. The third-order valence-electron chi connectivity index (χ3n) is 10.3. The van der Waals surface area contributed by atoms with E-state index in [1.54, 1.807) is 0 Å². The summed E-state index contributed by atoms with van der Waals surface area (Å²) in [6.45, 7) is 0. The summed E-state index contributed by atoms with van der Waals surface area (Å²) < 4.78 is 6.57. The summed E-state index contributed by atoms with van der Waals surface area (Å²) in [6, 6.07) is 71.6. The van der Waals surface area contributed by atoms with E-state index in [-0.39, 0.29) is 0 Å². The third-order valence-corrected chi connectivity index (χ3v) is 10.3. The van der Waals surface area contributed by atoms with Crippen molar-refractivity contribution in [2.45, 2.75) is 0 Å². The Hall–Kier alpha value is -6.90. The molecular formula is C50H33NO. The van der Waals surface area contributed by atoms with Crippen LogP contribution in [0.2, 0.25) is 0 Å². The molecule has 2 nitrogen and oxygen atoms in total. The van der Waals surface area contributed by atoms with E-state index in [1.165, 1.54) is 32.7 Å². The van der Waals surface area contributed by atoms with E-state index >= 15 is 0 Å². The van der Waals surface area contributed by atoms with Gasteiger partial charge in [0.25, 0.3) is 0 Å². The summed E-state index contributed by atoms with van der Waals surface area (Å²) in [7, 11) is 0. The second-order valence-corrected chi connectivity index (χ2v) is 13.3. The van der Waals surface area contributed by atoms with Crippen molar-refractivity contribution in [2.75, 3.05) is 4.90 Å². The quantitative estimate of drug-likeness (QED) is 0.165. The Labute approximate surface area is 302 Å². The van der Waals surface area contributed by atoms with Gasteiger partial charge in [0.1, 0.15) is 11.2 Å². The Morgan fingerprint density at radius 3 is 1.60 bits per heavy atom. The summed E-state index contributed by atoms with van der Waals surface area (Å²) in [4.78, 5) is 2.36. The van der Waals surface area contributed by atoms with Gasteiger partial charge >= 0.3 is 0 Å². The van der Waals surface area contributed by atoms with Crippen molar-refractivity contribution in [1.29, 1.82) is 0 Å². The van der Waals surface area contributed by atoms with Crippen molar-refractivity contribution in [3.63, 3.8) is 0 Å². The normalized spacial score (nSPS) is 11.5. The highest BCUT2D eigenvalue weighted by Crippen LogP contribution is 2.43. The first-order valence-corrected chi connectivity index (χ1v) is 17.8. The predicted octanol–water partition coefficient (Wildman–Crippen LogP) is 14.4. The van der Waals surface area contributed by atoms with Crippen molar-refractivity contribution in [1.82, 2.24) is 0 Å². The molecule has 0 radical (unpaired) electrons. The second kappa shape index (κ2) is 12.5. The monoisotopic (exact) mass is 663 g/mol. The molecular weight excluding hydrogens is 631 g/mol. The van der Waals surface area contributed by atoms with Crippen LogP contribution in [-0.4, -0.2) is 0 Å². The molecule has 1 aromatic heterocycles. The zero-order valence-corrected chi connectivity index (χ0v) is 28.4. The molecule has 0 saturated carbocycles. The zero-order valence-electron chi connectivity index (χ0n) is 28.4. The number of fused-ring (bicyclic) bond motifs is 6. The third kappa shape index (κ3) is 5.12. The van der Waals surface area contributed by atoms with Crippen LogP contribution in [-0.2, 0) is 0 Å². The fourth-order valence-electron chi connectivity index (χ4n) is 7.72. The maximum absolute atomic E-state index is 6.57. The Balaban J connectivity index is 1.11. The molecule has 2 heteroatoms. The molecule has 0 aliphatic heterocycles. The SMILES string of the molecule is c1ccc(-c2ccc(N(c3ccc(-c4ccc(-c5ccccc5)c5oc6ccccc6c45)cc3)c3ccc4c(ccc5ccccc54)c3)cc2)cc1. The van der Waals surface area contributed by atoms with Crippen LogP contribution in [0.3, 0.4) is 0 Å². The fourth-order valence-corrected chi connectivity index (χ4v) is 7.72. The molecule has 0 amide bonds. The Bertz CT molecular complexity index is 2870. The highest BCUT2D eigenvalue weighted by atomic mass is 16.3. The van der Waals surface area contributed by atoms with Crippen LogP contribution in [0.1, 0.15) is 0 Å². The lowest BCUT2D eigenvalue weighted by molar-refractivity contribution is 0.670. The van der Waals surface area contributed by atoms with Gasteiger partial charge in [0, 0.05) is 33.4 Å². The second-order valence-electron chi connectivity index (χ2n) is 13.3. The summed E-state index contributed by atoms with van der Waals surface area (Å²) >= 11 is 0. The number of rotatable bonds is 6. The van der Waals surface area contributed by atoms with E-state index in [0.717, 1.165) is 61.3 Å². The first kappa shape index (κ1) is 30.0. The molecule has 0 unspecified atom stereocenters. The van der Waals surface area contributed by atoms with Gasteiger partial charge in [0.2, 0.25) is 0 Å². The highest BCUT2D eigenvalue weighted by molar-refractivity contribution is 6.16. The molecule has 10 rings (SSSR count). The molecule has 10 aromatic rings. The van der Waals surface area contributed by atoms with Gasteiger partial charge in [0.05, 0.1) is 0 Å². The van der Waals surface area contributed by atoms with Crippen molar-refractivity contribution >= 4 is 60.5 Å². The highest BCUT2D eigenvalue weighted by Gasteiger charge is 2.19. The molecule has 1 heterocycles. The van der Waals surface area contributed by atoms with Gasteiger partial charge in [-0.2, -0.15) is 0 Å². The van der Waals surface area contributed by atoms with E-state index in [9.17, 15) is 0 Å². The first-order valence-electron chi connectivity index (χ1n) is 17.8. The number of benzene rings is 9. The lowest BCUT2D eigenvalue weighted by Gasteiger charge is -2.26. The zero-order chi connectivity index (χ0) is 34.4. The van der Waals surface area contributed by atoms with Gasteiger partial charge in [-0.3, -0.25) is 0 Å². The van der Waals surface area contributed by atoms with Gasteiger partial charge in [0.15, 0.2) is 0 Å². The number of hydrogen-bond acceptors (Lipinski definition) is 2. The van der Waals surface area contributed by atoms with Crippen LogP contribution in [0.4, 0.5) is 17.1 Å². The lowest BCUT2D eigenvalue weighted by atomic mass is 9.94. The van der Waals surface area contributed by atoms with E-state index in [2.05, 4.69) is 199 Å². The summed E-state index contributed by atoms with van der Waals surface area (Å²) in [5.74, 6) is 0. The van der Waals surface area contributed by atoms with E-state index < -0.39 is 0 Å². The Kier molecular flexibility index (Phi) is 7.18. The van der Waals surface area contributed by atoms with Crippen LogP contribution < -0.4 is 4.90 Å². The topological polar surface area (TPSA) is 16.4 Å². The molecule has 0 bridgehead atoms. The van der Waals surface area contributed by atoms with E-state index in [4.69, 9.17) is 4.42 Å². The van der Waals surface area contributed by atoms with Crippen LogP contribution in [0.25, 0.3) is 76.9 Å². The van der Waals surface area contributed by atoms with E-state index in [1.807, 2.05) is 6.07 Å². The van der Waals surface area contributed by atoms with Crippen LogP contribution in [0.5, 0.6) is 0 Å². The molecule has 0 aliphatic rings. The van der Waals surface area contributed by atoms with Gasteiger partial charge in [-0.25, -0.2) is 0 Å². The van der Waals surface area contributed by atoms with Crippen LogP contribution in [0.15, 0.2) is 205 Å². The molecule has 0 N–H and O–H groups in total. The number of nitrogens with zero attached hydrogens (tertiary/aromatic N) is 1. The number of hydrogen-bond donors (Lipinski definition) is 0. The van der Waals surface area contributed by atoms with Gasteiger partial charge in [-0.15, -0.1) is 0 Å². The summed E-state index contributed by atoms with van der Waals surface area (Å²) in [6.07, 6.45) is 0. The standard InChI is InChI=1S/C50H33NO/c1-3-11-34(12-4-1)35-21-25-40(26-22-35)51(42-29-30-44-39(33-42)20-19-37-15-7-8-16-43(37)44)41-27-23-38(24-28-41)45-31-32-46(36-13-5-2-6-14-36)50-49(45)47-17-9-10-18-48(47)52-50/h1-33H. The number of furan rings is 1. The van der Waals surface area contributed by atoms with Crippen molar-refractivity contribution in [3.8, 4) is 33.4 Å². The van der Waals surface area contributed by atoms with Crippen molar-refractivity contribution in [2.24, 2.45) is 0 Å². The van der Waals surface area contributed by atoms with Gasteiger partial charge in [-0.1, -0.05) is 152 Å².